The van der Waals surface area contributed by atoms with E-state index in [0.717, 1.165) is 5.56 Å². The molecule has 1 unspecified atom stereocenters. The van der Waals surface area contributed by atoms with E-state index in [4.69, 9.17) is 4.74 Å². The number of phenols is 1. The van der Waals surface area contributed by atoms with Gasteiger partial charge in [0.2, 0.25) is 5.78 Å². The molecule has 1 aliphatic carbocycles. The first-order chi connectivity index (χ1) is 11.2. The Balaban J connectivity index is 1.77. The summed E-state index contributed by atoms with van der Waals surface area (Å²) in [6.45, 7) is 0. The number of ketones is 2. The second-order valence-electron chi connectivity index (χ2n) is 5.72. The molecule has 0 saturated carbocycles. The van der Waals surface area contributed by atoms with Crippen LogP contribution in [0.4, 0.5) is 0 Å². The molecule has 4 nitrogen and oxygen atoms in total. The fourth-order valence-electron chi connectivity index (χ4n) is 3.21. The number of allylic oxidation sites excluding steroid dienone is 2. The van der Waals surface area contributed by atoms with Crippen molar-refractivity contribution in [1.82, 2.24) is 0 Å². The molecule has 23 heavy (non-hydrogen) atoms. The van der Waals surface area contributed by atoms with Crippen LogP contribution in [0.5, 0.6) is 5.75 Å². The van der Waals surface area contributed by atoms with Crippen LogP contribution in [0.15, 0.2) is 59.9 Å². The van der Waals surface area contributed by atoms with E-state index in [1.54, 1.807) is 12.1 Å². The van der Waals surface area contributed by atoms with Gasteiger partial charge in [-0.3, -0.25) is 9.59 Å². The highest BCUT2D eigenvalue weighted by molar-refractivity contribution is 6.27. The van der Waals surface area contributed by atoms with Crippen LogP contribution in [0, 0.1) is 0 Å². The average molecular weight is 306 g/mol. The van der Waals surface area contributed by atoms with E-state index < -0.39 is 5.78 Å². The van der Waals surface area contributed by atoms with E-state index >= 15 is 0 Å². The van der Waals surface area contributed by atoms with Gasteiger partial charge in [0.15, 0.2) is 11.5 Å². The molecule has 114 valence electrons. The summed E-state index contributed by atoms with van der Waals surface area (Å²) < 4.78 is 5.87. The minimum absolute atomic E-state index is 0.0463. The fraction of sp³-hybridized carbons (Fsp3) is 0.158. The number of fused-ring (bicyclic) bond motifs is 1. The van der Waals surface area contributed by atoms with Gasteiger partial charge in [0.05, 0.1) is 5.56 Å². The molecule has 4 heteroatoms. The van der Waals surface area contributed by atoms with Crippen molar-refractivity contribution >= 4 is 11.6 Å². The summed E-state index contributed by atoms with van der Waals surface area (Å²) in [4.78, 5) is 25.3. The molecule has 0 bridgehead atoms. The van der Waals surface area contributed by atoms with Gasteiger partial charge < -0.3 is 9.84 Å². The molecule has 4 rings (SSSR count). The van der Waals surface area contributed by atoms with Crippen molar-refractivity contribution in [2.45, 2.75) is 18.9 Å². The first-order valence-electron chi connectivity index (χ1n) is 7.53. The van der Waals surface area contributed by atoms with Gasteiger partial charge in [0.1, 0.15) is 11.9 Å². The Morgan fingerprint density at radius 3 is 2.52 bits per heavy atom. The van der Waals surface area contributed by atoms with Crippen LogP contribution in [0.3, 0.4) is 0 Å². The highest BCUT2D eigenvalue weighted by Gasteiger charge is 2.39. The summed E-state index contributed by atoms with van der Waals surface area (Å²) >= 11 is 0. The first-order valence-corrected chi connectivity index (χ1v) is 7.53. The van der Waals surface area contributed by atoms with E-state index in [1.165, 1.54) is 6.07 Å². The quantitative estimate of drug-likeness (QED) is 0.874. The molecular weight excluding hydrogens is 292 g/mol. The first kappa shape index (κ1) is 13.8. The van der Waals surface area contributed by atoms with E-state index in [2.05, 4.69) is 0 Å². The molecule has 1 N–H and O–H groups in total. The van der Waals surface area contributed by atoms with Gasteiger partial charge in [0, 0.05) is 11.1 Å². The lowest BCUT2D eigenvalue weighted by Crippen LogP contribution is -2.28. The molecule has 0 saturated heterocycles. The summed E-state index contributed by atoms with van der Waals surface area (Å²) in [5, 5.41) is 9.97. The van der Waals surface area contributed by atoms with Crippen LogP contribution < -0.4 is 0 Å². The zero-order valence-electron chi connectivity index (χ0n) is 12.3. The molecule has 1 atom stereocenters. The van der Waals surface area contributed by atoms with Crippen LogP contribution in [0.2, 0.25) is 0 Å². The van der Waals surface area contributed by atoms with Crippen molar-refractivity contribution in [2.75, 3.05) is 0 Å². The SMILES string of the molecule is O=C1C2=C(OC(c3ccccc3)CC2)C(=O)c2c(O)cccc21. The lowest BCUT2D eigenvalue weighted by atomic mass is 9.83. The van der Waals surface area contributed by atoms with E-state index in [1.807, 2.05) is 30.3 Å². The minimum atomic E-state index is -0.409. The van der Waals surface area contributed by atoms with Gasteiger partial charge in [0.25, 0.3) is 0 Å². The summed E-state index contributed by atoms with van der Waals surface area (Å²) in [6, 6.07) is 14.2. The standard InChI is InChI=1S/C19H14O4/c20-14-8-4-7-12-16(14)18(22)19-13(17(12)21)9-10-15(23-19)11-5-2-1-3-6-11/h1-8,15,20H,9-10H2. The van der Waals surface area contributed by atoms with Gasteiger partial charge in [-0.15, -0.1) is 0 Å². The van der Waals surface area contributed by atoms with Crippen LogP contribution >= 0.6 is 0 Å². The number of hydrogen-bond acceptors (Lipinski definition) is 4. The van der Waals surface area contributed by atoms with Crippen molar-refractivity contribution in [3.63, 3.8) is 0 Å². The molecule has 1 aliphatic heterocycles. The fourth-order valence-corrected chi connectivity index (χ4v) is 3.21. The van der Waals surface area contributed by atoms with Crippen molar-refractivity contribution in [3.05, 3.63) is 76.6 Å². The Bertz CT molecular complexity index is 849. The monoisotopic (exact) mass is 306 g/mol. The molecular formula is C19H14O4. The van der Waals surface area contributed by atoms with Gasteiger partial charge in [-0.1, -0.05) is 42.5 Å². The second-order valence-corrected chi connectivity index (χ2v) is 5.72. The number of carbonyl (C=O) groups excluding carboxylic acids is 2. The number of aromatic hydroxyl groups is 1. The molecule has 2 aromatic carbocycles. The third-order valence-electron chi connectivity index (χ3n) is 4.36. The van der Waals surface area contributed by atoms with Crippen molar-refractivity contribution < 1.29 is 19.4 Å². The Morgan fingerprint density at radius 2 is 1.74 bits per heavy atom. The maximum Gasteiger partial charge on any atom is 0.232 e. The Labute approximate surface area is 133 Å². The third kappa shape index (κ3) is 2.06. The van der Waals surface area contributed by atoms with Gasteiger partial charge >= 0.3 is 0 Å². The summed E-state index contributed by atoms with van der Waals surface area (Å²) in [5.41, 5.74) is 1.70. The third-order valence-corrected chi connectivity index (χ3v) is 4.36. The molecule has 0 amide bonds. The van der Waals surface area contributed by atoms with Gasteiger partial charge in [-0.2, -0.15) is 0 Å². The molecule has 2 aromatic rings. The Morgan fingerprint density at radius 1 is 0.957 bits per heavy atom. The second kappa shape index (κ2) is 5.09. The topological polar surface area (TPSA) is 63.6 Å². The predicted octanol–water partition coefficient (Wildman–Crippen LogP) is 3.58. The molecule has 1 heterocycles. The van der Waals surface area contributed by atoms with Crippen molar-refractivity contribution in [1.29, 1.82) is 0 Å². The zero-order chi connectivity index (χ0) is 16.0. The van der Waals surface area contributed by atoms with Crippen LogP contribution in [-0.2, 0) is 4.74 Å². The van der Waals surface area contributed by atoms with E-state index in [0.29, 0.717) is 18.4 Å². The number of benzene rings is 2. The molecule has 0 radical (unpaired) electrons. The molecule has 2 aliphatic rings. The van der Waals surface area contributed by atoms with Crippen LogP contribution in [0.1, 0.15) is 45.2 Å². The number of ether oxygens (including phenoxy) is 1. The highest BCUT2D eigenvalue weighted by Crippen LogP contribution is 2.41. The number of hydrogen-bond donors (Lipinski definition) is 1. The van der Waals surface area contributed by atoms with E-state index in [9.17, 15) is 14.7 Å². The van der Waals surface area contributed by atoms with Gasteiger partial charge in [-0.05, 0) is 24.5 Å². The molecule has 0 fully saturated rings. The minimum Gasteiger partial charge on any atom is -0.507 e. The van der Waals surface area contributed by atoms with Crippen molar-refractivity contribution in [2.24, 2.45) is 0 Å². The number of carbonyl (C=O) groups is 2. The number of phenolic OH excluding ortho intramolecular Hbond substituents is 1. The predicted molar refractivity (Wildman–Crippen MR) is 83.3 cm³/mol. The summed E-state index contributed by atoms with van der Waals surface area (Å²) in [5.74, 6) is -0.729. The maximum atomic E-state index is 12.7. The van der Waals surface area contributed by atoms with Gasteiger partial charge in [-0.25, -0.2) is 0 Å². The Hall–Kier alpha value is -2.88. The smallest absolute Gasteiger partial charge is 0.232 e. The largest absolute Gasteiger partial charge is 0.507 e. The number of Topliss-reactive ketones (excluding diaryl/α,β-unsaturated/α-hetero) is 2. The van der Waals surface area contributed by atoms with Crippen LogP contribution in [0.25, 0.3) is 0 Å². The van der Waals surface area contributed by atoms with E-state index in [-0.39, 0.29) is 34.5 Å². The van der Waals surface area contributed by atoms with Crippen molar-refractivity contribution in [3.8, 4) is 5.75 Å². The lowest BCUT2D eigenvalue weighted by Gasteiger charge is -2.30. The number of rotatable bonds is 1. The summed E-state index contributed by atoms with van der Waals surface area (Å²) in [7, 11) is 0. The zero-order valence-corrected chi connectivity index (χ0v) is 12.3. The normalized spacial score (nSPS) is 19.9. The highest BCUT2D eigenvalue weighted by atomic mass is 16.5. The lowest BCUT2D eigenvalue weighted by molar-refractivity contribution is 0.0618. The Kier molecular flexibility index (Phi) is 3.05. The molecule has 0 aromatic heterocycles. The summed E-state index contributed by atoms with van der Waals surface area (Å²) in [6.07, 6.45) is 0.893. The average Bonchev–Trinajstić information content (AvgIpc) is 2.60. The molecule has 0 spiro atoms. The maximum absolute atomic E-state index is 12.7. The van der Waals surface area contributed by atoms with Crippen LogP contribution in [-0.4, -0.2) is 16.7 Å².